The minimum atomic E-state index is -0.290. The molecule has 0 N–H and O–H groups in total. The van der Waals surface area contributed by atoms with Gasteiger partial charge in [-0.25, -0.2) is 4.39 Å². The Labute approximate surface area is 163 Å². The quantitative estimate of drug-likeness (QED) is 0.533. The molecule has 0 radical (unpaired) electrons. The Hall–Kier alpha value is -2.47. The Balaban J connectivity index is 1.79. The standard InChI is InChI=1S/C21H22FN3OS/c1-3-4-19-20(26)25(14-17-9-11-18(22)12-10-17)21(27-19)24-23-13-16-7-5-15(2)6-8-16/h5-13,19H,3-4,14H2,1-2H3/b23-13-,24-21+/t19-/m0/s1. The highest BCUT2D eigenvalue weighted by molar-refractivity contribution is 8.15. The van der Waals surface area contributed by atoms with Crippen LogP contribution in [0.5, 0.6) is 0 Å². The van der Waals surface area contributed by atoms with Crippen LogP contribution in [0.1, 0.15) is 36.5 Å². The zero-order chi connectivity index (χ0) is 19.2. The molecule has 1 heterocycles. The fourth-order valence-electron chi connectivity index (χ4n) is 2.75. The van der Waals surface area contributed by atoms with Crippen molar-refractivity contribution in [2.24, 2.45) is 10.2 Å². The molecule has 0 bridgehead atoms. The highest BCUT2D eigenvalue weighted by atomic mass is 32.2. The summed E-state index contributed by atoms with van der Waals surface area (Å²) in [6.45, 7) is 4.46. The van der Waals surface area contributed by atoms with Crippen LogP contribution >= 0.6 is 11.8 Å². The molecule has 1 saturated heterocycles. The van der Waals surface area contributed by atoms with E-state index in [1.54, 1.807) is 23.2 Å². The average molecular weight is 383 g/mol. The minimum Gasteiger partial charge on any atom is -0.284 e. The van der Waals surface area contributed by atoms with Gasteiger partial charge in [0.05, 0.1) is 18.0 Å². The number of nitrogens with zero attached hydrogens (tertiary/aromatic N) is 3. The molecule has 0 aromatic heterocycles. The molecule has 2 aromatic carbocycles. The van der Waals surface area contributed by atoms with Crippen molar-refractivity contribution >= 4 is 29.1 Å². The van der Waals surface area contributed by atoms with Gasteiger partial charge in [-0.15, -0.1) is 5.10 Å². The molecule has 1 amide bonds. The van der Waals surface area contributed by atoms with Gasteiger partial charge in [-0.2, -0.15) is 5.10 Å². The molecule has 0 spiro atoms. The molecule has 1 fully saturated rings. The van der Waals surface area contributed by atoms with Crippen LogP contribution < -0.4 is 0 Å². The maximum Gasteiger partial charge on any atom is 0.242 e. The summed E-state index contributed by atoms with van der Waals surface area (Å²) in [5.74, 6) is -0.253. The summed E-state index contributed by atoms with van der Waals surface area (Å²) in [6.07, 6.45) is 3.40. The third kappa shape index (κ3) is 5.04. The number of halogens is 1. The van der Waals surface area contributed by atoms with E-state index in [4.69, 9.17) is 0 Å². The normalized spacial score (nSPS) is 18.8. The van der Waals surface area contributed by atoms with Gasteiger partial charge in [-0.1, -0.05) is 67.1 Å². The molecular formula is C21H22FN3OS. The van der Waals surface area contributed by atoms with Gasteiger partial charge < -0.3 is 0 Å². The number of amidine groups is 1. The Morgan fingerprint density at radius 3 is 2.52 bits per heavy atom. The van der Waals surface area contributed by atoms with E-state index in [1.165, 1.54) is 29.5 Å². The highest BCUT2D eigenvalue weighted by Crippen LogP contribution is 2.31. The predicted octanol–water partition coefficient (Wildman–Crippen LogP) is 4.77. The van der Waals surface area contributed by atoms with Gasteiger partial charge in [-0.3, -0.25) is 9.69 Å². The van der Waals surface area contributed by atoms with Crippen molar-refractivity contribution in [3.8, 4) is 0 Å². The summed E-state index contributed by atoms with van der Waals surface area (Å²) < 4.78 is 13.1. The highest BCUT2D eigenvalue weighted by Gasteiger charge is 2.37. The van der Waals surface area contributed by atoms with E-state index >= 15 is 0 Å². The van der Waals surface area contributed by atoms with Crippen LogP contribution in [0.4, 0.5) is 4.39 Å². The second kappa shape index (κ2) is 8.95. The number of carbonyl (C=O) groups excluding carboxylic acids is 1. The van der Waals surface area contributed by atoms with Crippen LogP contribution in [0.25, 0.3) is 0 Å². The lowest BCUT2D eigenvalue weighted by Gasteiger charge is -2.15. The van der Waals surface area contributed by atoms with E-state index < -0.39 is 0 Å². The first-order valence-corrected chi connectivity index (χ1v) is 9.85. The number of thioether (sulfide) groups is 1. The van der Waals surface area contributed by atoms with Crippen molar-refractivity contribution in [1.29, 1.82) is 0 Å². The summed E-state index contributed by atoms with van der Waals surface area (Å²) in [7, 11) is 0. The molecule has 140 valence electrons. The minimum absolute atomic E-state index is 0.0375. The van der Waals surface area contributed by atoms with Gasteiger partial charge >= 0.3 is 0 Å². The number of amides is 1. The monoisotopic (exact) mass is 383 g/mol. The molecular weight excluding hydrogens is 361 g/mol. The molecule has 6 heteroatoms. The van der Waals surface area contributed by atoms with Crippen molar-refractivity contribution in [2.75, 3.05) is 0 Å². The van der Waals surface area contributed by atoms with Gasteiger partial charge in [0.25, 0.3) is 0 Å². The Morgan fingerprint density at radius 2 is 1.85 bits per heavy atom. The van der Waals surface area contributed by atoms with Crippen LogP contribution in [0.15, 0.2) is 58.7 Å². The third-order valence-corrected chi connectivity index (χ3v) is 5.49. The maximum absolute atomic E-state index is 13.1. The van der Waals surface area contributed by atoms with Crippen LogP contribution in [0, 0.1) is 12.7 Å². The zero-order valence-corrected chi connectivity index (χ0v) is 16.2. The maximum atomic E-state index is 13.1. The van der Waals surface area contributed by atoms with E-state index in [0.717, 1.165) is 24.0 Å². The largest absolute Gasteiger partial charge is 0.284 e. The van der Waals surface area contributed by atoms with Crippen LogP contribution in [0.3, 0.4) is 0 Å². The lowest BCUT2D eigenvalue weighted by atomic mass is 10.2. The molecule has 27 heavy (non-hydrogen) atoms. The molecule has 0 aliphatic carbocycles. The van der Waals surface area contributed by atoms with Crippen LogP contribution in [0.2, 0.25) is 0 Å². The van der Waals surface area contributed by atoms with E-state index in [2.05, 4.69) is 17.1 Å². The Morgan fingerprint density at radius 1 is 1.15 bits per heavy atom. The topological polar surface area (TPSA) is 45.0 Å². The summed E-state index contributed by atoms with van der Waals surface area (Å²) in [5, 5.41) is 8.93. The third-order valence-electron chi connectivity index (χ3n) is 4.25. The second-order valence-electron chi connectivity index (χ2n) is 6.48. The van der Waals surface area contributed by atoms with Gasteiger partial charge in [0.2, 0.25) is 5.91 Å². The van der Waals surface area contributed by atoms with Gasteiger partial charge in [0, 0.05) is 0 Å². The molecule has 0 unspecified atom stereocenters. The SMILES string of the molecule is CCC[C@@H]1S/C(=N/N=C\c2ccc(C)cc2)N(Cc2ccc(F)cc2)C1=O. The Bertz CT molecular complexity index is 847. The lowest BCUT2D eigenvalue weighted by molar-refractivity contribution is -0.126. The van der Waals surface area contributed by atoms with E-state index in [1.807, 2.05) is 31.2 Å². The number of carbonyl (C=O) groups is 1. The van der Waals surface area contributed by atoms with E-state index in [-0.39, 0.29) is 17.0 Å². The zero-order valence-electron chi connectivity index (χ0n) is 15.4. The molecule has 1 aliphatic rings. The van der Waals surface area contributed by atoms with E-state index in [9.17, 15) is 9.18 Å². The van der Waals surface area contributed by atoms with Crippen LogP contribution in [-0.4, -0.2) is 27.4 Å². The van der Waals surface area contributed by atoms with Crippen molar-refractivity contribution in [1.82, 2.24) is 4.90 Å². The summed E-state index contributed by atoms with van der Waals surface area (Å²) in [6, 6.07) is 14.2. The van der Waals surface area contributed by atoms with Crippen molar-refractivity contribution in [3.05, 3.63) is 71.0 Å². The lowest BCUT2D eigenvalue weighted by Crippen LogP contribution is -2.31. The van der Waals surface area contributed by atoms with Crippen molar-refractivity contribution in [2.45, 2.75) is 38.5 Å². The molecule has 3 rings (SSSR count). The van der Waals surface area contributed by atoms with Gasteiger partial charge in [0.15, 0.2) is 5.17 Å². The number of hydrogen-bond acceptors (Lipinski definition) is 4. The Kier molecular flexibility index (Phi) is 6.40. The number of hydrogen-bond donors (Lipinski definition) is 0. The number of benzene rings is 2. The molecule has 0 saturated carbocycles. The predicted molar refractivity (Wildman–Crippen MR) is 109 cm³/mol. The van der Waals surface area contributed by atoms with E-state index in [0.29, 0.717) is 11.7 Å². The first kappa shape index (κ1) is 19.3. The van der Waals surface area contributed by atoms with Crippen molar-refractivity contribution < 1.29 is 9.18 Å². The van der Waals surface area contributed by atoms with Crippen LogP contribution in [-0.2, 0) is 11.3 Å². The molecule has 1 atom stereocenters. The van der Waals surface area contributed by atoms with Gasteiger partial charge in [0.1, 0.15) is 5.82 Å². The summed E-state index contributed by atoms with van der Waals surface area (Å²) in [4.78, 5) is 14.4. The summed E-state index contributed by atoms with van der Waals surface area (Å²) in [5.41, 5.74) is 3.00. The average Bonchev–Trinajstić information content (AvgIpc) is 2.94. The molecule has 2 aromatic rings. The van der Waals surface area contributed by atoms with Crippen molar-refractivity contribution in [3.63, 3.8) is 0 Å². The summed E-state index contributed by atoms with van der Waals surface area (Å²) >= 11 is 1.45. The molecule has 4 nitrogen and oxygen atoms in total. The fourth-order valence-corrected chi connectivity index (χ4v) is 3.96. The number of aryl methyl sites for hydroxylation is 1. The first-order valence-electron chi connectivity index (χ1n) is 8.97. The molecule has 1 aliphatic heterocycles. The smallest absolute Gasteiger partial charge is 0.242 e. The first-order chi connectivity index (χ1) is 13.1. The van der Waals surface area contributed by atoms with Gasteiger partial charge in [-0.05, 0) is 36.6 Å². The number of rotatable bonds is 6. The fraction of sp³-hybridized carbons (Fsp3) is 0.286. The second-order valence-corrected chi connectivity index (χ2v) is 7.65.